The number of phenolic OH excluding ortho intramolecular Hbond substituents is 2. The van der Waals surface area contributed by atoms with Crippen molar-refractivity contribution >= 4 is 29.5 Å². The number of amides is 2. The van der Waals surface area contributed by atoms with Gasteiger partial charge in [-0.05, 0) is 42.5 Å². The molecule has 0 aliphatic carbocycles. The monoisotopic (exact) mass is 396 g/mol. The molecular weight excluding hydrogens is 372 g/mol. The van der Waals surface area contributed by atoms with Gasteiger partial charge in [-0.15, -0.1) is 0 Å². The number of carboxylic acids is 1. The van der Waals surface area contributed by atoms with E-state index >= 15 is 0 Å². The van der Waals surface area contributed by atoms with Gasteiger partial charge in [-0.25, -0.2) is 0 Å². The Morgan fingerprint density at radius 3 is 2.63 bits per heavy atom. The fourth-order valence-electron chi connectivity index (χ4n) is 3.05. The largest absolute Gasteiger partial charge is 0.504 e. The Bertz CT molecular complexity index is 711. The summed E-state index contributed by atoms with van der Waals surface area (Å²) in [5.74, 6) is -1.33. The molecular formula is C18H24N2O6S. The Morgan fingerprint density at radius 2 is 2.00 bits per heavy atom. The van der Waals surface area contributed by atoms with Crippen LogP contribution in [0.4, 0.5) is 0 Å². The SMILES string of the molecule is CSCCC1NC(=O)C(Cc2ccc(O)c(O)c2)N(CCCC(=O)O)C1=O. The number of nitrogens with one attached hydrogen (secondary N) is 1. The van der Waals surface area contributed by atoms with Crippen LogP contribution in [0.25, 0.3) is 0 Å². The summed E-state index contributed by atoms with van der Waals surface area (Å²) < 4.78 is 0. The third-order valence-corrected chi connectivity index (χ3v) is 5.09. The second-order valence-electron chi connectivity index (χ2n) is 6.41. The summed E-state index contributed by atoms with van der Waals surface area (Å²) in [7, 11) is 0. The van der Waals surface area contributed by atoms with E-state index in [9.17, 15) is 24.6 Å². The van der Waals surface area contributed by atoms with Crippen LogP contribution in [0.3, 0.4) is 0 Å². The van der Waals surface area contributed by atoms with Gasteiger partial charge in [0.2, 0.25) is 11.8 Å². The van der Waals surface area contributed by atoms with Crippen molar-refractivity contribution in [1.29, 1.82) is 0 Å². The molecule has 4 N–H and O–H groups in total. The minimum Gasteiger partial charge on any atom is -0.504 e. The van der Waals surface area contributed by atoms with Gasteiger partial charge in [-0.3, -0.25) is 14.4 Å². The first-order chi connectivity index (χ1) is 12.8. The molecule has 2 rings (SSSR count). The Hall–Kier alpha value is -2.42. The van der Waals surface area contributed by atoms with Gasteiger partial charge in [0.05, 0.1) is 0 Å². The lowest BCUT2D eigenvalue weighted by Crippen LogP contribution is -2.64. The quantitative estimate of drug-likeness (QED) is 0.458. The normalized spacial score (nSPS) is 19.8. The molecule has 1 aromatic carbocycles. The average Bonchev–Trinajstić information content (AvgIpc) is 2.61. The van der Waals surface area contributed by atoms with E-state index in [1.54, 1.807) is 17.8 Å². The molecule has 1 saturated heterocycles. The Balaban J connectivity index is 2.19. The molecule has 0 saturated carbocycles. The van der Waals surface area contributed by atoms with Crippen LogP contribution in [0.1, 0.15) is 24.8 Å². The van der Waals surface area contributed by atoms with Gasteiger partial charge < -0.3 is 25.5 Å². The summed E-state index contributed by atoms with van der Waals surface area (Å²) in [5.41, 5.74) is 0.587. The van der Waals surface area contributed by atoms with Gasteiger partial charge in [0, 0.05) is 19.4 Å². The summed E-state index contributed by atoms with van der Waals surface area (Å²) in [6.07, 6.45) is 2.75. The molecule has 1 aliphatic heterocycles. The van der Waals surface area contributed by atoms with E-state index in [-0.39, 0.29) is 49.1 Å². The van der Waals surface area contributed by atoms with Crippen LogP contribution in [0.5, 0.6) is 11.5 Å². The molecule has 148 valence electrons. The number of aromatic hydroxyl groups is 2. The van der Waals surface area contributed by atoms with Crippen LogP contribution < -0.4 is 5.32 Å². The number of carbonyl (C=O) groups excluding carboxylic acids is 2. The van der Waals surface area contributed by atoms with Crippen molar-refractivity contribution in [2.45, 2.75) is 37.8 Å². The summed E-state index contributed by atoms with van der Waals surface area (Å²) in [6.45, 7) is 0.170. The molecule has 0 bridgehead atoms. The fraction of sp³-hybridized carbons (Fsp3) is 0.500. The van der Waals surface area contributed by atoms with Gasteiger partial charge in [-0.2, -0.15) is 11.8 Å². The van der Waals surface area contributed by atoms with Crippen molar-refractivity contribution in [2.24, 2.45) is 0 Å². The standard InChI is InChI=1S/C18H24N2O6S/c1-27-8-6-12-18(26)20(7-2-3-16(23)24)13(17(25)19-12)9-11-4-5-14(21)15(22)10-11/h4-5,10,12-13,21-22H,2-3,6-9H2,1H3,(H,19,25)(H,23,24). The highest BCUT2D eigenvalue weighted by Gasteiger charge is 2.39. The van der Waals surface area contributed by atoms with Gasteiger partial charge in [0.15, 0.2) is 11.5 Å². The van der Waals surface area contributed by atoms with Crippen molar-refractivity contribution in [3.63, 3.8) is 0 Å². The average molecular weight is 396 g/mol. The zero-order chi connectivity index (χ0) is 20.0. The second kappa shape index (κ2) is 9.50. The van der Waals surface area contributed by atoms with Gasteiger partial charge in [0.25, 0.3) is 0 Å². The van der Waals surface area contributed by atoms with Crippen LogP contribution in [-0.2, 0) is 20.8 Å². The van der Waals surface area contributed by atoms with Crippen molar-refractivity contribution in [3.05, 3.63) is 23.8 Å². The molecule has 0 radical (unpaired) electrons. The number of thioether (sulfide) groups is 1. The summed E-state index contributed by atoms with van der Waals surface area (Å²) in [4.78, 5) is 37.7. The van der Waals surface area contributed by atoms with E-state index in [0.717, 1.165) is 5.75 Å². The van der Waals surface area contributed by atoms with Crippen LogP contribution in [0.2, 0.25) is 0 Å². The number of nitrogens with zero attached hydrogens (tertiary/aromatic N) is 1. The maximum absolute atomic E-state index is 12.8. The van der Waals surface area contributed by atoms with E-state index in [2.05, 4.69) is 5.32 Å². The van der Waals surface area contributed by atoms with Crippen LogP contribution in [0.15, 0.2) is 18.2 Å². The molecule has 0 aromatic heterocycles. The molecule has 2 amide bonds. The van der Waals surface area contributed by atoms with E-state index in [1.165, 1.54) is 17.0 Å². The highest BCUT2D eigenvalue weighted by molar-refractivity contribution is 7.98. The Labute approximate surface area is 161 Å². The van der Waals surface area contributed by atoms with Crippen molar-refractivity contribution in [2.75, 3.05) is 18.6 Å². The molecule has 27 heavy (non-hydrogen) atoms. The number of piperazine rings is 1. The zero-order valence-electron chi connectivity index (χ0n) is 15.1. The summed E-state index contributed by atoms with van der Waals surface area (Å²) in [6, 6.07) is 2.84. The van der Waals surface area contributed by atoms with Crippen molar-refractivity contribution in [1.82, 2.24) is 10.2 Å². The number of hydrogen-bond donors (Lipinski definition) is 4. The molecule has 1 fully saturated rings. The highest BCUT2D eigenvalue weighted by Crippen LogP contribution is 2.27. The predicted octanol–water partition coefficient (Wildman–Crippen LogP) is 0.954. The first kappa shape index (κ1) is 20.9. The molecule has 0 spiro atoms. The predicted molar refractivity (Wildman–Crippen MR) is 101 cm³/mol. The number of carboxylic acid groups (broad SMARTS) is 1. The van der Waals surface area contributed by atoms with E-state index in [0.29, 0.717) is 12.0 Å². The molecule has 8 nitrogen and oxygen atoms in total. The number of benzene rings is 1. The maximum Gasteiger partial charge on any atom is 0.303 e. The highest BCUT2D eigenvalue weighted by atomic mass is 32.2. The summed E-state index contributed by atoms with van der Waals surface area (Å²) >= 11 is 1.58. The van der Waals surface area contributed by atoms with E-state index < -0.39 is 18.1 Å². The third-order valence-electron chi connectivity index (χ3n) is 4.45. The number of phenols is 2. The smallest absolute Gasteiger partial charge is 0.303 e. The van der Waals surface area contributed by atoms with Gasteiger partial charge in [-0.1, -0.05) is 6.07 Å². The topological polar surface area (TPSA) is 127 Å². The number of carbonyl (C=O) groups is 3. The van der Waals surface area contributed by atoms with Gasteiger partial charge in [0.1, 0.15) is 12.1 Å². The molecule has 2 atom stereocenters. The summed E-state index contributed by atoms with van der Waals surface area (Å²) in [5, 5.41) is 30.7. The maximum atomic E-state index is 12.8. The number of hydrogen-bond acceptors (Lipinski definition) is 6. The van der Waals surface area contributed by atoms with Crippen LogP contribution in [0, 0.1) is 0 Å². The van der Waals surface area contributed by atoms with Crippen molar-refractivity contribution in [3.8, 4) is 11.5 Å². The van der Waals surface area contributed by atoms with E-state index in [4.69, 9.17) is 5.11 Å². The number of aliphatic carboxylic acids is 1. The van der Waals surface area contributed by atoms with E-state index in [1.807, 2.05) is 6.26 Å². The lowest BCUT2D eigenvalue weighted by atomic mass is 9.98. The first-order valence-electron chi connectivity index (χ1n) is 8.66. The van der Waals surface area contributed by atoms with Gasteiger partial charge >= 0.3 is 5.97 Å². The molecule has 1 heterocycles. The lowest BCUT2D eigenvalue weighted by molar-refractivity contribution is -0.149. The Kier molecular flexibility index (Phi) is 7.35. The molecule has 9 heteroatoms. The minimum atomic E-state index is -0.956. The minimum absolute atomic E-state index is 0.0897. The fourth-order valence-corrected chi connectivity index (χ4v) is 3.52. The second-order valence-corrected chi connectivity index (χ2v) is 7.40. The lowest BCUT2D eigenvalue weighted by Gasteiger charge is -2.39. The third kappa shape index (κ3) is 5.53. The number of rotatable bonds is 9. The Morgan fingerprint density at radius 1 is 1.26 bits per heavy atom. The van der Waals surface area contributed by atoms with Crippen LogP contribution >= 0.6 is 11.8 Å². The zero-order valence-corrected chi connectivity index (χ0v) is 15.9. The molecule has 2 unspecified atom stereocenters. The molecule has 1 aromatic rings. The van der Waals surface area contributed by atoms with Crippen molar-refractivity contribution < 1.29 is 29.7 Å². The van der Waals surface area contributed by atoms with Crippen LogP contribution in [-0.4, -0.2) is 68.6 Å². The molecule has 1 aliphatic rings. The first-order valence-corrected chi connectivity index (χ1v) is 10.0.